The summed E-state index contributed by atoms with van der Waals surface area (Å²) in [6.07, 6.45) is 0. The number of fused-ring (bicyclic) bond motifs is 1. The van der Waals surface area contributed by atoms with Gasteiger partial charge in [-0.2, -0.15) is 4.98 Å². The van der Waals surface area contributed by atoms with E-state index in [1.165, 1.54) is 0 Å². The minimum atomic E-state index is -0.614. The molecule has 9 nitrogen and oxygen atoms in total. The van der Waals surface area contributed by atoms with Crippen molar-refractivity contribution < 1.29 is 18.7 Å². The van der Waals surface area contributed by atoms with Gasteiger partial charge < -0.3 is 24.5 Å². The van der Waals surface area contributed by atoms with Gasteiger partial charge in [-0.15, -0.1) is 5.10 Å². The summed E-state index contributed by atoms with van der Waals surface area (Å²) in [5, 5.41) is 11.0. The van der Waals surface area contributed by atoms with Gasteiger partial charge >= 0.3 is 0 Å². The smallest absolute Gasteiger partial charge is 0.256 e. The van der Waals surface area contributed by atoms with Gasteiger partial charge in [0.15, 0.2) is 5.82 Å². The largest absolute Gasteiger partial charge is 0.497 e. The summed E-state index contributed by atoms with van der Waals surface area (Å²) in [5.74, 6) is 3.25. The molecular weight excluding hydrogens is 446 g/mol. The Kier molecular flexibility index (Phi) is 5.74. The number of hydrogen-bond donors (Lipinski definition) is 2. The van der Waals surface area contributed by atoms with E-state index in [9.17, 15) is 4.79 Å². The number of aryl methyl sites for hydroxylation is 1. The van der Waals surface area contributed by atoms with Crippen molar-refractivity contribution in [3.63, 3.8) is 0 Å². The highest BCUT2D eigenvalue weighted by Crippen LogP contribution is 2.38. The van der Waals surface area contributed by atoms with Gasteiger partial charge in [0.2, 0.25) is 5.95 Å². The first-order valence-corrected chi connectivity index (χ1v) is 11.1. The molecule has 0 spiro atoms. The predicted octanol–water partition coefficient (Wildman–Crippen LogP) is 4.79. The van der Waals surface area contributed by atoms with E-state index in [2.05, 4.69) is 10.6 Å². The van der Waals surface area contributed by atoms with E-state index < -0.39 is 6.04 Å². The monoisotopic (exact) mass is 471 g/mol. The standard InChI is InChI=1S/C26H25N5O4/c1-15-10-11-21(35-15)23-22(25(32)28-18-8-6-5-7-9-18)16(2)27-26-29-24(30-31(23)26)17-12-19(33-3)14-20(13-17)34-4/h5-14,23H,1-4H3,(H,28,32)(H,27,29,30). The van der Waals surface area contributed by atoms with Crippen LogP contribution in [0.1, 0.15) is 24.5 Å². The lowest BCUT2D eigenvalue weighted by Crippen LogP contribution is -2.31. The second-order valence-electron chi connectivity index (χ2n) is 8.14. The van der Waals surface area contributed by atoms with Gasteiger partial charge in [0, 0.05) is 23.0 Å². The van der Waals surface area contributed by atoms with Crippen LogP contribution < -0.4 is 20.1 Å². The number of benzene rings is 2. The maximum absolute atomic E-state index is 13.5. The van der Waals surface area contributed by atoms with Crippen LogP contribution in [0.5, 0.6) is 11.5 Å². The number of allylic oxidation sites excluding steroid dienone is 1. The average molecular weight is 472 g/mol. The van der Waals surface area contributed by atoms with Gasteiger partial charge in [0.1, 0.15) is 29.1 Å². The predicted molar refractivity (Wildman–Crippen MR) is 132 cm³/mol. The Labute approximate surface area is 202 Å². The zero-order valence-electron chi connectivity index (χ0n) is 19.8. The molecule has 1 atom stereocenters. The van der Waals surface area contributed by atoms with Crippen LogP contribution in [-0.4, -0.2) is 34.9 Å². The number of hydrogen-bond acceptors (Lipinski definition) is 7. The fourth-order valence-corrected chi connectivity index (χ4v) is 4.09. The van der Waals surface area contributed by atoms with Crippen molar-refractivity contribution >= 4 is 17.5 Å². The van der Waals surface area contributed by atoms with E-state index in [1.54, 1.807) is 25.0 Å². The molecule has 0 saturated carbocycles. The number of nitrogens with zero attached hydrogens (tertiary/aromatic N) is 3. The van der Waals surface area contributed by atoms with Gasteiger partial charge in [-0.1, -0.05) is 18.2 Å². The van der Waals surface area contributed by atoms with Crippen molar-refractivity contribution in [1.29, 1.82) is 0 Å². The van der Waals surface area contributed by atoms with E-state index in [-0.39, 0.29) is 5.91 Å². The summed E-state index contributed by atoms with van der Waals surface area (Å²) in [4.78, 5) is 18.2. The highest BCUT2D eigenvalue weighted by atomic mass is 16.5. The molecule has 9 heteroatoms. The number of rotatable bonds is 6. The summed E-state index contributed by atoms with van der Waals surface area (Å²) < 4.78 is 18.5. The molecule has 3 heterocycles. The Morgan fingerprint density at radius 3 is 2.37 bits per heavy atom. The van der Waals surface area contributed by atoms with Crippen LogP contribution >= 0.6 is 0 Å². The maximum atomic E-state index is 13.5. The first-order valence-electron chi connectivity index (χ1n) is 11.1. The maximum Gasteiger partial charge on any atom is 0.256 e. The summed E-state index contributed by atoms with van der Waals surface area (Å²) >= 11 is 0. The number of nitrogens with one attached hydrogen (secondary N) is 2. The number of methoxy groups -OCH3 is 2. The summed E-state index contributed by atoms with van der Waals surface area (Å²) in [6, 6.07) is 17.9. The number of aromatic nitrogens is 3. The van der Waals surface area contributed by atoms with Gasteiger partial charge in [-0.25, -0.2) is 4.68 Å². The average Bonchev–Trinajstić information content (AvgIpc) is 3.49. The molecule has 2 aromatic heterocycles. The van der Waals surface area contributed by atoms with Crippen molar-refractivity contribution in [3.05, 3.63) is 83.5 Å². The molecule has 0 fully saturated rings. The molecule has 35 heavy (non-hydrogen) atoms. The topological polar surface area (TPSA) is 103 Å². The van der Waals surface area contributed by atoms with Crippen LogP contribution in [0.3, 0.4) is 0 Å². The van der Waals surface area contributed by atoms with Crippen LogP contribution in [-0.2, 0) is 4.79 Å². The summed E-state index contributed by atoms with van der Waals surface area (Å²) in [5.41, 5.74) is 2.55. The molecule has 1 unspecified atom stereocenters. The first kappa shape index (κ1) is 22.3. The third-order valence-corrected chi connectivity index (χ3v) is 5.77. The lowest BCUT2D eigenvalue weighted by molar-refractivity contribution is -0.113. The first-order chi connectivity index (χ1) is 17.0. The third kappa shape index (κ3) is 4.23. The molecule has 1 aliphatic heterocycles. The van der Waals surface area contributed by atoms with Crippen LogP contribution in [0.2, 0.25) is 0 Å². The molecule has 2 N–H and O–H groups in total. The zero-order valence-corrected chi connectivity index (χ0v) is 19.8. The van der Waals surface area contributed by atoms with E-state index >= 15 is 0 Å². The van der Waals surface area contributed by atoms with Gasteiger partial charge in [0.25, 0.3) is 5.91 Å². The zero-order chi connectivity index (χ0) is 24.5. The van der Waals surface area contributed by atoms with E-state index in [0.717, 1.165) is 5.76 Å². The van der Waals surface area contributed by atoms with Crippen molar-refractivity contribution in [2.24, 2.45) is 0 Å². The molecule has 0 aliphatic carbocycles. The highest BCUT2D eigenvalue weighted by Gasteiger charge is 2.36. The quantitative estimate of drug-likeness (QED) is 0.417. The number of carbonyl (C=O) groups excluding carboxylic acids is 1. The highest BCUT2D eigenvalue weighted by molar-refractivity contribution is 6.05. The minimum absolute atomic E-state index is 0.258. The Balaban J connectivity index is 1.60. The van der Waals surface area contributed by atoms with Crippen LogP contribution in [0.15, 0.2) is 76.4 Å². The van der Waals surface area contributed by atoms with E-state index in [1.807, 2.05) is 68.4 Å². The minimum Gasteiger partial charge on any atom is -0.497 e. The molecule has 1 aliphatic rings. The van der Waals surface area contributed by atoms with Gasteiger partial charge in [-0.05, 0) is 50.2 Å². The molecule has 2 aromatic carbocycles. The normalized spacial score (nSPS) is 14.8. The SMILES string of the molecule is COc1cc(OC)cc(-c2nc3n(n2)C(c2ccc(C)o2)C(C(=O)Nc2ccccc2)=C(C)N3)c1. The van der Waals surface area contributed by atoms with Crippen molar-refractivity contribution in [3.8, 4) is 22.9 Å². The summed E-state index contributed by atoms with van der Waals surface area (Å²) in [7, 11) is 3.18. The molecule has 4 aromatic rings. The number of ether oxygens (including phenoxy) is 2. The van der Waals surface area contributed by atoms with Crippen molar-refractivity contribution in [2.75, 3.05) is 24.9 Å². The Morgan fingerprint density at radius 2 is 1.74 bits per heavy atom. The molecule has 178 valence electrons. The number of amides is 1. The van der Waals surface area contributed by atoms with Crippen molar-refractivity contribution in [2.45, 2.75) is 19.9 Å². The second kappa shape index (κ2) is 9.02. The fraction of sp³-hybridized carbons (Fsp3) is 0.192. The lowest BCUT2D eigenvalue weighted by Gasteiger charge is -2.27. The molecule has 0 saturated heterocycles. The summed E-state index contributed by atoms with van der Waals surface area (Å²) in [6.45, 7) is 3.70. The number of furan rings is 1. The van der Waals surface area contributed by atoms with Crippen molar-refractivity contribution in [1.82, 2.24) is 14.8 Å². The number of anilines is 2. The molecule has 0 radical (unpaired) electrons. The molecule has 1 amide bonds. The lowest BCUT2D eigenvalue weighted by atomic mass is 10.00. The van der Waals surface area contributed by atoms with Gasteiger partial charge in [-0.3, -0.25) is 4.79 Å². The van der Waals surface area contributed by atoms with Crippen LogP contribution in [0, 0.1) is 6.92 Å². The molecule has 0 bridgehead atoms. The van der Waals surface area contributed by atoms with Crippen LogP contribution in [0.4, 0.5) is 11.6 Å². The van der Waals surface area contributed by atoms with Gasteiger partial charge in [0.05, 0.1) is 19.8 Å². The Morgan fingerprint density at radius 1 is 1.03 bits per heavy atom. The fourth-order valence-electron chi connectivity index (χ4n) is 4.09. The molecule has 5 rings (SSSR count). The van der Waals surface area contributed by atoms with E-state index in [0.29, 0.717) is 51.6 Å². The number of carbonyl (C=O) groups is 1. The van der Waals surface area contributed by atoms with Crippen LogP contribution in [0.25, 0.3) is 11.4 Å². The number of para-hydroxylation sites is 1. The molecular formula is C26H25N5O4. The Hall–Kier alpha value is -4.53. The van der Waals surface area contributed by atoms with E-state index in [4.69, 9.17) is 24.0 Å². The Bertz CT molecular complexity index is 1400. The third-order valence-electron chi connectivity index (χ3n) is 5.77. The second-order valence-corrected chi connectivity index (χ2v) is 8.14.